The summed E-state index contributed by atoms with van der Waals surface area (Å²) in [6, 6.07) is 7.26. The number of methoxy groups -OCH3 is 1. The van der Waals surface area contributed by atoms with Crippen LogP contribution < -0.4 is 15.5 Å². The summed E-state index contributed by atoms with van der Waals surface area (Å²) in [6.45, 7) is 1.15. The summed E-state index contributed by atoms with van der Waals surface area (Å²) in [5.74, 6) is -0.693. The molecule has 0 spiro atoms. The Morgan fingerprint density at radius 3 is 2.33 bits per heavy atom. The zero-order valence-corrected chi connectivity index (χ0v) is 16.6. The number of rotatable bonds is 4. The van der Waals surface area contributed by atoms with Gasteiger partial charge in [-0.3, -0.25) is 9.59 Å². The molecule has 2 N–H and O–H groups in total. The first kappa shape index (κ1) is 19.5. The minimum atomic E-state index is -0.688. The van der Waals surface area contributed by atoms with Gasteiger partial charge in [0.25, 0.3) is 0 Å². The molecule has 2 aliphatic heterocycles. The molecule has 2 saturated heterocycles. The van der Waals surface area contributed by atoms with Crippen LogP contribution in [0.4, 0.5) is 17.1 Å². The summed E-state index contributed by atoms with van der Waals surface area (Å²) in [5, 5.41) is 9.39. The topological polar surface area (TPSA) is 122 Å². The van der Waals surface area contributed by atoms with E-state index in [0.717, 1.165) is 6.42 Å². The normalized spacial score (nSPS) is 16.3. The van der Waals surface area contributed by atoms with Crippen LogP contribution in [0.25, 0.3) is 5.69 Å². The van der Waals surface area contributed by atoms with Crippen LogP contribution in [0, 0.1) is 11.3 Å². The van der Waals surface area contributed by atoms with Crippen molar-refractivity contribution in [2.24, 2.45) is 0 Å². The highest BCUT2D eigenvalue weighted by Gasteiger charge is 2.30. The molecule has 4 rings (SSSR count). The van der Waals surface area contributed by atoms with E-state index in [1.165, 1.54) is 17.9 Å². The largest absolute Gasteiger partial charge is 0.464 e. The Balaban J connectivity index is 1.92. The molecule has 3 heterocycles. The van der Waals surface area contributed by atoms with Crippen LogP contribution in [0.3, 0.4) is 0 Å². The number of nitriles is 1. The zero-order chi connectivity index (χ0) is 21.4. The number of benzene rings is 1. The minimum Gasteiger partial charge on any atom is -0.464 e. The van der Waals surface area contributed by atoms with E-state index in [-0.39, 0.29) is 28.8 Å². The molecule has 0 aliphatic carbocycles. The summed E-state index contributed by atoms with van der Waals surface area (Å²) in [4.78, 5) is 40.5. The van der Waals surface area contributed by atoms with Crippen LogP contribution in [-0.4, -0.2) is 42.6 Å². The fourth-order valence-corrected chi connectivity index (χ4v) is 4.03. The van der Waals surface area contributed by atoms with Crippen molar-refractivity contribution >= 4 is 34.8 Å². The Bertz CT molecular complexity index is 1100. The number of carbonyl (C=O) groups excluding carboxylic acids is 3. The lowest BCUT2D eigenvalue weighted by Gasteiger charge is -2.24. The number of nitrogens with two attached hydrogens (primary N) is 1. The number of ether oxygens (including phenoxy) is 1. The molecule has 0 atom stereocenters. The van der Waals surface area contributed by atoms with E-state index in [1.807, 2.05) is 6.07 Å². The molecule has 1 aromatic carbocycles. The minimum absolute atomic E-state index is 0.0156. The SMILES string of the molecule is COC(=O)c1c(N)c(C#N)cn1-c1ccc(N2CCCC2=O)cc1N1CCCC1=O. The van der Waals surface area contributed by atoms with Gasteiger partial charge in [0, 0.05) is 37.8 Å². The molecule has 2 amide bonds. The molecule has 2 aliphatic rings. The monoisotopic (exact) mass is 407 g/mol. The van der Waals surface area contributed by atoms with Gasteiger partial charge in [0.1, 0.15) is 6.07 Å². The third-order valence-electron chi connectivity index (χ3n) is 5.51. The van der Waals surface area contributed by atoms with Gasteiger partial charge in [0.05, 0.1) is 29.7 Å². The number of hydrogen-bond acceptors (Lipinski definition) is 6. The summed E-state index contributed by atoms with van der Waals surface area (Å²) in [6.07, 6.45) is 3.87. The Morgan fingerprint density at radius 1 is 1.10 bits per heavy atom. The van der Waals surface area contributed by atoms with Crippen molar-refractivity contribution in [3.63, 3.8) is 0 Å². The van der Waals surface area contributed by atoms with Crippen molar-refractivity contribution < 1.29 is 19.1 Å². The summed E-state index contributed by atoms with van der Waals surface area (Å²) >= 11 is 0. The first-order valence-corrected chi connectivity index (χ1v) is 9.70. The highest BCUT2D eigenvalue weighted by molar-refractivity contribution is 6.01. The smallest absolute Gasteiger partial charge is 0.357 e. The third-order valence-corrected chi connectivity index (χ3v) is 5.51. The fourth-order valence-electron chi connectivity index (χ4n) is 4.03. The highest BCUT2D eigenvalue weighted by Crippen LogP contribution is 2.36. The molecule has 1 aromatic heterocycles. The van der Waals surface area contributed by atoms with E-state index >= 15 is 0 Å². The first-order valence-electron chi connectivity index (χ1n) is 9.70. The Labute approximate surface area is 173 Å². The van der Waals surface area contributed by atoms with Crippen LogP contribution >= 0.6 is 0 Å². The summed E-state index contributed by atoms with van der Waals surface area (Å²) in [5.41, 5.74) is 7.95. The molecule has 0 unspecified atom stereocenters. The number of anilines is 3. The van der Waals surface area contributed by atoms with Crippen molar-refractivity contribution in [1.29, 1.82) is 5.26 Å². The molecule has 2 aromatic rings. The van der Waals surface area contributed by atoms with E-state index < -0.39 is 5.97 Å². The van der Waals surface area contributed by atoms with Crippen molar-refractivity contribution in [2.45, 2.75) is 25.7 Å². The molecule has 0 bridgehead atoms. The number of hydrogen-bond donors (Lipinski definition) is 1. The Hall–Kier alpha value is -3.80. The van der Waals surface area contributed by atoms with E-state index in [2.05, 4.69) is 0 Å². The summed E-state index contributed by atoms with van der Waals surface area (Å²) < 4.78 is 6.34. The second-order valence-corrected chi connectivity index (χ2v) is 7.25. The van der Waals surface area contributed by atoms with Crippen LogP contribution in [0.5, 0.6) is 0 Å². The fraction of sp³-hybridized carbons (Fsp3) is 0.333. The number of nitrogen functional groups attached to an aromatic ring is 1. The molecule has 2 fully saturated rings. The van der Waals surface area contributed by atoms with E-state index in [1.54, 1.807) is 28.0 Å². The van der Waals surface area contributed by atoms with Gasteiger partial charge in [0.15, 0.2) is 5.69 Å². The zero-order valence-electron chi connectivity index (χ0n) is 16.6. The van der Waals surface area contributed by atoms with Crippen molar-refractivity contribution in [3.8, 4) is 11.8 Å². The molecule has 9 nitrogen and oxygen atoms in total. The van der Waals surface area contributed by atoms with Crippen LogP contribution in [0.15, 0.2) is 24.4 Å². The van der Waals surface area contributed by atoms with E-state index in [9.17, 15) is 19.6 Å². The molecule has 30 heavy (non-hydrogen) atoms. The Kier molecular flexibility index (Phi) is 4.91. The quantitative estimate of drug-likeness (QED) is 0.774. The van der Waals surface area contributed by atoms with Crippen molar-refractivity contribution in [1.82, 2.24) is 4.57 Å². The van der Waals surface area contributed by atoms with Crippen LogP contribution in [0.1, 0.15) is 41.7 Å². The molecule has 0 radical (unpaired) electrons. The van der Waals surface area contributed by atoms with Gasteiger partial charge in [-0.15, -0.1) is 0 Å². The van der Waals surface area contributed by atoms with Crippen molar-refractivity contribution in [3.05, 3.63) is 35.7 Å². The lowest BCUT2D eigenvalue weighted by molar-refractivity contribution is -0.117. The highest BCUT2D eigenvalue weighted by atomic mass is 16.5. The van der Waals surface area contributed by atoms with Crippen LogP contribution in [0.2, 0.25) is 0 Å². The number of amides is 2. The van der Waals surface area contributed by atoms with Gasteiger partial charge < -0.3 is 24.8 Å². The van der Waals surface area contributed by atoms with E-state index in [4.69, 9.17) is 10.5 Å². The van der Waals surface area contributed by atoms with Gasteiger partial charge >= 0.3 is 5.97 Å². The predicted molar refractivity (Wildman–Crippen MR) is 109 cm³/mol. The van der Waals surface area contributed by atoms with Gasteiger partial charge in [-0.05, 0) is 31.0 Å². The molecular formula is C21H21N5O4. The first-order chi connectivity index (χ1) is 14.5. The van der Waals surface area contributed by atoms with E-state index in [0.29, 0.717) is 49.4 Å². The van der Waals surface area contributed by atoms with Gasteiger partial charge in [-0.2, -0.15) is 5.26 Å². The number of carbonyl (C=O) groups is 3. The van der Waals surface area contributed by atoms with Crippen molar-refractivity contribution in [2.75, 3.05) is 35.7 Å². The second kappa shape index (κ2) is 7.55. The maximum Gasteiger partial charge on any atom is 0.357 e. The molecule has 0 saturated carbocycles. The maximum atomic E-state index is 12.5. The third kappa shape index (κ3) is 3.06. The lowest BCUT2D eigenvalue weighted by atomic mass is 10.2. The lowest BCUT2D eigenvalue weighted by Crippen LogP contribution is -2.27. The second-order valence-electron chi connectivity index (χ2n) is 7.25. The number of esters is 1. The Morgan fingerprint density at radius 2 is 1.77 bits per heavy atom. The number of aromatic nitrogens is 1. The molecule has 154 valence electrons. The molecule has 9 heteroatoms. The maximum absolute atomic E-state index is 12.5. The van der Waals surface area contributed by atoms with Gasteiger partial charge in [-0.25, -0.2) is 4.79 Å². The van der Waals surface area contributed by atoms with Gasteiger partial charge in [0.2, 0.25) is 11.8 Å². The number of nitrogens with zero attached hydrogens (tertiary/aromatic N) is 4. The predicted octanol–water partition coefficient (Wildman–Crippen LogP) is 1.97. The summed E-state index contributed by atoms with van der Waals surface area (Å²) in [7, 11) is 1.23. The average Bonchev–Trinajstić information content (AvgIpc) is 3.45. The molecular weight excluding hydrogens is 386 g/mol. The van der Waals surface area contributed by atoms with Crippen LogP contribution in [-0.2, 0) is 14.3 Å². The van der Waals surface area contributed by atoms with Gasteiger partial charge in [-0.1, -0.05) is 0 Å². The standard InChI is InChI=1S/C21H21N5O4/c1-30-21(29)20-19(23)13(11-22)12-26(20)15-7-6-14(24-8-2-4-17(24)27)10-16(15)25-9-3-5-18(25)28/h6-7,10,12H,2-5,8-9,23H2,1H3. The average molecular weight is 407 g/mol.